The van der Waals surface area contributed by atoms with Crippen LogP contribution < -0.4 is 10.1 Å². The van der Waals surface area contributed by atoms with E-state index in [-0.39, 0.29) is 5.03 Å². The van der Waals surface area contributed by atoms with Crippen molar-refractivity contribution >= 4 is 10.0 Å². The smallest absolute Gasteiger partial charge is 0.270 e. The van der Waals surface area contributed by atoms with Gasteiger partial charge in [-0.25, -0.2) is 13.4 Å². The molecule has 9 heteroatoms. The van der Waals surface area contributed by atoms with Gasteiger partial charge in [-0.2, -0.15) is 5.10 Å². The van der Waals surface area contributed by atoms with Crippen LogP contribution in [0.2, 0.25) is 0 Å². The third-order valence-electron chi connectivity index (χ3n) is 3.07. The summed E-state index contributed by atoms with van der Waals surface area (Å²) in [7, 11) is 0.193. The molecular weight excluding hydrogens is 268 g/mol. The van der Waals surface area contributed by atoms with Crippen molar-refractivity contribution in [2.24, 2.45) is 0 Å². The van der Waals surface area contributed by atoms with E-state index in [0.717, 1.165) is 13.1 Å². The number of aromatic amines is 1. The second-order valence-corrected chi connectivity index (χ2v) is 6.24. The van der Waals surface area contributed by atoms with Crippen LogP contribution in [0.1, 0.15) is 5.56 Å². The van der Waals surface area contributed by atoms with Crippen molar-refractivity contribution in [1.82, 2.24) is 30.3 Å². The lowest BCUT2D eigenvalue weighted by Crippen LogP contribution is -2.52. The summed E-state index contributed by atoms with van der Waals surface area (Å²) in [6.45, 7) is 3.48. The molecule has 8 nitrogen and oxygen atoms in total. The topological polar surface area (TPSA) is 93.4 Å². The fraction of sp³-hybridized carbons (Fsp3) is 0.700. The first-order chi connectivity index (χ1) is 9.03. The highest BCUT2D eigenvalue weighted by Gasteiger charge is 2.24. The molecule has 2 heterocycles. The Hall–Kier alpha value is -1.00. The van der Waals surface area contributed by atoms with Gasteiger partial charge in [0.2, 0.25) is 0 Å². The molecule has 2 rings (SSSR count). The van der Waals surface area contributed by atoms with E-state index in [1.165, 1.54) is 6.20 Å². The van der Waals surface area contributed by atoms with Gasteiger partial charge >= 0.3 is 0 Å². The van der Waals surface area contributed by atoms with Gasteiger partial charge in [-0.1, -0.05) is 0 Å². The van der Waals surface area contributed by atoms with Crippen molar-refractivity contribution in [3.8, 4) is 0 Å². The standard InChI is InChI=1S/C10H20N6O2S/c1-11-7-9-8-12-13-10(9)19(17,18)14-16-5-3-15(2)4-6-16/h8,11,14H,3-7H2,1-2H3,(H,12,13). The molecule has 0 bridgehead atoms. The molecule has 1 aromatic rings. The van der Waals surface area contributed by atoms with Gasteiger partial charge in [0.25, 0.3) is 10.0 Å². The summed E-state index contributed by atoms with van der Waals surface area (Å²) in [4.78, 5) is 4.76. The molecule has 3 N–H and O–H groups in total. The number of hydrogen-bond acceptors (Lipinski definition) is 6. The number of hydrogen-bond donors (Lipinski definition) is 3. The van der Waals surface area contributed by atoms with Crippen molar-refractivity contribution in [2.45, 2.75) is 11.6 Å². The number of H-pyrrole nitrogens is 1. The van der Waals surface area contributed by atoms with Crippen molar-refractivity contribution in [3.63, 3.8) is 0 Å². The molecule has 1 aromatic heterocycles. The van der Waals surface area contributed by atoms with Crippen LogP contribution in [0.4, 0.5) is 0 Å². The van der Waals surface area contributed by atoms with E-state index in [1.807, 2.05) is 7.05 Å². The van der Waals surface area contributed by atoms with E-state index in [4.69, 9.17) is 0 Å². The highest BCUT2D eigenvalue weighted by atomic mass is 32.2. The number of hydrazine groups is 1. The monoisotopic (exact) mass is 288 g/mol. The Bertz CT molecular complexity index is 506. The third kappa shape index (κ3) is 3.51. The molecule has 1 saturated heterocycles. The fourth-order valence-electron chi connectivity index (χ4n) is 1.96. The van der Waals surface area contributed by atoms with E-state index >= 15 is 0 Å². The Balaban J connectivity index is 2.07. The first kappa shape index (κ1) is 14.4. The first-order valence-corrected chi connectivity index (χ1v) is 7.64. The molecule has 0 aliphatic carbocycles. The fourth-order valence-corrected chi connectivity index (χ4v) is 3.22. The number of nitrogens with zero attached hydrogens (tertiary/aromatic N) is 3. The molecule has 1 fully saturated rings. The van der Waals surface area contributed by atoms with Crippen molar-refractivity contribution in [3.05, 3.63) is 11.8 Å². The predicted octanol–water partition coefficient (Wildman–Crippen LogP) is -1.43. The summed E-state index contributed by atoms with van der Waals surface area (Å²) in [6.07, 6.45) is 1.52. The van der Waals surface area contributed by atoms with Crippen LogP contribution in [0.3, 0.4) is 0 Å². The molecule has 0 atom stereocenters. The molecule has 0 saturated carbocycles. The number of likely N-dealkylation sites (N-methyl/N-ethyl adjacent to an activating group) is 1. The Morgan fingerprint density at radius 3 is 2.68 bits per heavy atom. The van der Waals surface area contributed by atoms with E-state index in [9.17, 15) is 8.42 Å². The van der Waals surface area contributed by atoms with Gasteiger partial charge in [0.15, 0.2) is 5.03 Å². The highest BCUT2D eigenvalue weighted by Crippen LogP contribution is 2.12. The van der Waals surface area contributed by atoms with Crippen LogP contribution in [0.25, 0.3) is 0 Å². The molecule has 0 amide bonds. The third-order valence-corrected chi connectivity index (χ3v) is 4.46. The van der Waals surface area contributed by atoms with Crippen LogP contribution in [0.15, 0.2) is 11.2 Å². The first-order valence-electron chi connectivity index (χ1n) is 6.15. The molecule has 0 spiro atoms. The average Bonchev–Trinajstić information content (AvgIpc) is 2.81. The number of aromatic nitrogens is 2. The molecule has 0 radical (unpaired) electrons. The van der Waals surface area contributed by atoms with Gasteiger partial charge in [-0.05, 0) is 14.1 Å². The molecule has 1 aliphatic rings. The Labute approximate surface area is 113 Å². The maximum absolute atomic E-state index is 12.3. The quantitative estimate of drug-likeness (QED) is 0.615. The summed E-state index contributed by atoms with van der Waals surface area (Å²) >= 11 is 0. The molecule has 108 valence electrons. The SMILES string of the molecule is CNCc1cn[nH]c1S(=O)(=O)NN1CCN(C)CC1. The zero-order valence-corrected chi connectivity index (χ0v) is 12.0. The van der Waals surface area contributed by atoms with Crippen molar-refractivity contribution < 1.29 is 8.42 Å². The predicted molar refractivity (Wildman–Crippen MR) is 70.7 cm³/mol. The zero-order chi connectivity index (χ0) is 13.9. The summed E-state index contributed by atoms with van der Waals surface area (Å²) in [5.74, 6) is 0. The minimum atomic E-state index is -3.59. The van der Waals surface area contributed by atoms with Crippen LogP contribution >= 0.6 is 0 Å². The number of piperazine rings is 1. The molecule has 1 aliphatic heterocycles. The van der Waals surface area contributed by atoms with E-state index in [0.29, 0.717) is 25.2 Å². The number of rotatable bonds is 5. The Morgan fingerprint density at radius 1 is 1.37 bits per heavy atom. The van der Waals surface area contributed by atoms with Gasteiger partial charge in [-0.3, -0.25) is 5.10 Å². The van der Waals surface area contributed by atoms with E-state index in [2.05, 4.69) is 25.2 Å². The van der Waals surface area contributed by atoms with Crippen molar-refractivity contribution in [2.75, 3.05) is 40.3 Å². The van der Waals surface area contributed by atoms with Crippen LogP contribution in [0.5, 0.6) is 0 Å². The molecule has 0 unspecified atom stereocenters. The Morgan fingerprint density at radius 2 is 2.05 bits per heavy atom. The lowest BCUT2D eigenvalue weighted by molar-refractivity contribution is 0.134. The van der Waals surface area contributed by atoms with Crippen molar-refractivity contribution in [1.29, 1.82) is 0 Å². The van der Waals surface area contributed by atoms with Gasteiger partial charge < -0.3 is 10.2 Å². The number of nitrogens with one attached hydrogen (secondary N) is 3. The van der Waals surface area contributed by atoms with E-state index in [1.54, 1.807) is 12.1 Å². The summed E-state index contributed by atoms with van der Waals surface area (Å²) in [5, 5.41) is 11.1. The lowest BCUT2D eigenvalue weighted by Gasteiger charge is -2.31. The van der Waals surface area contributed by atoms with Gasteiger partial charge in [-0.15, -0.1) is 4.83 Å². The van der Waals surface area contributed by atoms with Crippen LogP contribution in [0, 0.1) is 0 Å². The van der Waals surface area contributed by atoms with E-state index < -0.39 is 10.0 Å². The van der Waals surface area contributed by atoms with Crippen LogP contribution in [-0.4, -0.2) is 68.8 Å². The summed E-state index contributed by atoms with van der Waals surface area (Å²) in [6, 6.07) is 0. The number of sulfonamides is 1. The second kappa shape index (κ2) is 5.97. The van der Waals surface area contributed by atoms with Gasteiger partial charge in [0, 0.05) is 38.3 Å². The highest BCUT2D eigenvalue weighted by molar-refractivity contribution is 7.89. The molecular formula is C10H20N6O2S. The van der Waals surface area contributed by atoms with Gasteiger partial charge in [0.05, 0.1) is 6.20 Å². The molecule has 0 aromatic carbocycles. The van der Waals surface area contributed by atoms with Crippen LogP contribution in [-0.2, 0) is 16.6 Å². The average molecular weight is 288 g/mol. The minimum Gasteiger partial charge on any atom is -0.316 e. The normalized spacial score (nSPS) is 18.8. The van der Waals surface area contributed by atoms with Gasteiger partial charge in [0.1, 0.15) is 0 Å². The second-order valence-electron chi connectivity index (χ2n) is 4.64. The molecule has 19 heavy (non-hydrogen) atoms. The maximum atomic E-state index is 12.3. The Kier molecular flexibility index (Phi) is 4.53. The lowest BCUT2D eigenvalue weighted by atomic mass is 10.4. The summed E-state index contributed by atoms with van der Waals surface area (Å²) in [5.41, 5.74) is 0.629. The maximum Gasteiger partial charge on any atom is 0.270 e. The zero-order valence-electron chi connectivity index (χ0n) is 11.2. The largest absolute Gasteiger partial charge is 0.316 e. The minimum absolute atomic E-state index is 0.126. The summed E-state index contributed by atoms with van der Waals surface area (Å²) < 4.78 is 24.5.